The first kappa shape index (κ1) is 26.6. The predicted octanol–water partition coefficient (Wildman–Crippen LogP) is 6.03. The van der Waals surface area contributed by atoms with Gasteiger partial charge in [0.25, 0.3) is 11.6 Å². The van der Waals surface area contributed by atoms with Crippen LogP contribution in [0.5, 0.6) is 0 Å². The third kappa shape index (κ3) is 5.60. The number of hydrogen-bond acceptors (Lipinski definition) is 6. The molecule has 1 fully saturated rings. The van der Waals surface area contributed by atoms with Gasteiger partial charge in [-0.15, -0.1) is 0 Å². The van der Waals surface area contributed by atoms with Crippen LogP contribution in [0.15, 0.2) is 53.1 Å². The third-order valence-electron chi connectivity index (χ3n) is 6.89. The average Bonchev–Trinajstić information content (AvgIpc) is 3.36. The summed E-state index contributed by atoms with van der Waals surface area (Å²) >= 11 is 0. The lowest BCUT2D eigenvalue weighted by Gasteiger charge is -2.35. The summed E-state index contributed by atoms with van der Waals surface area (Å²) in [6.07, 6.45) is -2.97. The Kier molecular flexibility index (Phi) is 7.29. The molecule has 0 radical (unpaired) electrons. The number of halogens is 3. The van der Waals surface area contributed by atoms with Crippen molar-refractivity contribution >= 4 is 22.8 Å². The minimum absolute atomic E-state index is 0.0275. The Morgan fingerprint density at radius 2 is 1.74 bits per heavy atom. The van der Waals surface area contributed by atoms with E-state index in [1.165, 1.54) is 11.6 Å². The topological polar surface area (TPSA) is 75.4 Å². The Morgan fingerprint density at radius 3 is 2.38 bits per heavy atom. The first-order chi connectivity index (χ1) is 18.6. The highest BCUT2D eigenvalue weighted by atomic mass is 19.4. The van der Waals surface area contributed by atoms with Crippen molar-refractivity contribution in [3.8, 4) is 11.3 Å². The number of hydrogen-bond donors (Lipinski definition) is 0. The molecule has 1 saturated heterocycles. The van der Waals surface area contributed by atoms with Crippen molar-refractivity contribution in [2.24, 2.45) is 5.92 Å². The fraction of sp³-hybridized carbons (Fsp3) is 0.379. The van der Waals surface area contributed by atoms with E-state index in [9.17, 15) is 18.0 Å². The lowest BCUT2D eigenvalue weighted by molar-refractivity contribution is -0.137. The quantitative estimate of drug-likeness (QED) is 0.299. The molecule has 1 aliphatic heterocycles. The second-order valence-corrected chi connectivity index (χ2v) is 10.2. The van der Waals surface area contributed by atoms with Gasteiger partial charge in [-0.25, -0.2) is 4.98 Å². The molecule has 0 aliphatic carbocycles. The number of aromatic nitrogens is 3. The number of fused-ring (bicyclic) bond motifs is 1. The maximum atomic E-state index is 13.4. The monoisotopic (exact) mass is 537 g/mol. The molecule has 0 saturated carbocycles. The zero-order valence-electron chi connectivity index (χ0n) is 22.1. The number of anilines is 1. The number of carbonyl (C=O) groups excluding carboxylic acids is 1. The molecule has 0 bridgehead atoms. The molecule has 204 valence electrons. The summed E-state index contributed by atoms with van der Waals surface area (Å²) < 4.78 is 45.8. The van der Waals surface area contributed by atoms with E-state index in [1.54, 1.807) is 6.07 Å². The number of alkyl halides is 3. The molecule has 10 heteroatoms. The van der Waals surface area contributed by atoms with Crippen molar-refractivity contribution in [3.05, 3.63) is 71.0 Å². The van der Waals surface area contributed by atoms with Crippen LogP contribution >= 0.6 is 0 Å². The first-order valence-corrected chi connectivity index (χ1v) is 13.1. The number of piperazine rings is 1. The summed E-state index contributed by atoms with van der Waals surface area (Å²) in [7, 11) is 0. The van der Waals surface area contributed by atoms with Crippen LogP contribution < -0.4 is 4.90 Å². The van der Waals surface area contributed by atoms with Crippen LogP contribution in [0.25, 0.3) is 22.4 Å². The van der Waals surface area contributed by atoms with E-state index in [0.717, 1.165) is 18.6 Å². The highest BCUT2D eigenvalue weighted by Crippen LogP contribution is 2.37. The Balaban J connectivity index is 1.47. The molecule has 0 spiro atoms. The van der Waals surface area contributed by atoms with E-state index in [1.807, 2.05) is 34.1 Å². The van der Waals surface area contributed by atoms with Gasteiger partial charge in [-0.05, 0) is 42.2 Å². The van der Waals surface area contributed by atoms with E-state index in [-0.39, 0.29) is 28.8 Å². The third-order valence-corrected chi connectivity index (χ3v) is 6.89. The first-order valence-electron chi connectivity index (χ1n) is 13.1. The standard InChI is InChI=1S/C29H30F3N5O2/c1-4-19-8-10-20(11-9-19)28(38)37-14-12-36(13-15-37)26-24-25(21-6-5-7-22(17-21)29(30,31)32)35-39-27(24)34-23(33-26)16-18(2)3/h5-11,17-18H,4,12-16H2,1-3H3. The van der Waals surface area contributed by atoms with Gasteiger partial charge in [0, 0.05) is 43.7 Å². The number of benzene rings is 2. The number of nitrogens with zero attached hydrogens (tertiary/aromatic N) is 5. The lowest BCUT2D eigenvalue weighted by Crippen LogP contribution is -2.49. The van der Waals surface area contributed by atoms with Crippen molar-refractivity contribution in [1.29, 1.82) is 0 Å². The van der Waals surface area contributed by atoms with Gasteiger partial charge in [0.05, 0.1) is 5.56 Å². The summed E-state index contributed by atoms with van der Waals surface area (Å²) in [4.78, 5) is 26.3. The van der Waals surface area contributed by atoms with Gasteiger partial charge in [0.2, 0.25) is 0 Å². The van der Waals surface area contributed by atoms with Crippen LogP contribution in [-0.4, -0.2) is 52.1 Å². The van der Waals surface area contributed by atoms with Crippen molar-refractivity contribution < 1.29 is 22.5 Å². The normalized spacial score (nSPS) is 14.4. The lowest BCUT2D eigenvalue weighted by atomic mass is 10.0. The van der Waals surface area contributed by atoms with Gasteiger partial charge in [0.15, 0.2) is 0 Å². The molecule has 2 aromatic heterocycles. The number of aryl methyl sites for hydroxylation is 1. The molecular weight excluding hydrogens is 507 g/mol. The highest BCUT2D eigenvalue weighted by Gasteiger charge is 2.32. The molecule has 5 rings (SSSR count). The second kappa shape index (κ2) is 10.7. The van der Waals surface area contributed by atoms with Crippen LogP contribution in [0, 0.1) is 5.92 Å². The van der Waals surface area contributed by atoms with Gasteiger partial charge < -0.3 is 14.3 Å². The van der Waals surface area contributed by atoms with E-state index >= 15 is 0 Å². The van der Waals surface area contributed by atoms with Crippen LogP contribution in [-0.2, 0) is 19.0 Å². The fourth-order valence-corrected chi connectivity index (χ4v) is 4.79. The van der Waals surface area contributed by atoms with Crippen molar-refractivity contribution in [2.45, 2.75) is 39.8 Å². The summed E-state index contributed by atoms with van der Waals surface area (Å²) in [5.41, 5.74) is 1.82. The molecular formula is C29H30F3N5O2. The number of amides is 1. The van der Waals surface area contributed by atoms with E-state index in [2.05, 4.69) is 30.9 Å². The molecule has 1 amide bonds. The van der Waals surface area contributed by atoms with Gasteiger partial charge in [-0.2, -0.15) is 18.2 Å². The van der Waals surface area contributed by atoms with Crippen molar-refractivity contribution in [2.75, 3.05) is 31.1 Å². The maximum Gasteiger partial charge on any atom is 0.416 e. The minimum Gasteiger partial charge on any atom is -0.352 e. The Labute approximate surface area is 224 Å². The number of carbonyl (C=O) groups is 1. The van der Waals surface area contributed by atoms with Crippen LogP contribution in [0.1, 0.15) is 48.1 Å². The van der Waals surface area contributed by atoms with Crippen LogP contribution in [0.3, 0.4) is 0 Å². The Bertz CT molecular complexity index is 1470. The summed E-state index contributed by atoms with van der Waals surface area (Å²) in [5.74, 6) is 1.40. The summed E-state index contributed by atoms with van der Waals surface area (Å²) in [6.45, 7) is 8.13. The molecule has 39 heavy (non-hydrogen) atoms. The summed E-state index contributed by atoms with van der Waals surface area (Å²) in [6, 6.07) is 12.7. The number of rotatable bonds is 6. The van der Waals surface area contributed by atoms with Crippen LogP contribution in [0.2, 0.25) is 0 Å². The molecule has 4 aromatic rings. The van der Waals surface area contributed by atoms with Crippen molar-refractivity contribution in [3.63, 3.8) is 0 Å². The molecule has 3 heterocycles. The van der Waals surface area contributed by atoms with Gasteiger partial charge in [-0.1, -0.05) is 50.2 Å². The predicted molar refractivity (Wildman–Crippen MR) is 143 cm³/mol. The van der Waals surface area contributed by atoms with Gasteiger partial charge in [-0.3, -0.25) is 4.79 Å². The SMILES string of the molecule is CCc1ccc(C(=O)N2CCN(c3nc(CC(C)C)nc4onc(-c5cccc(C(F)(F)F)c5)c34)CC2)cc1. The van der Waals surface area contributed by atoms with Gasteiger partial charge >= 0.3 is 6.18 Å². The Morgan fingerprint density at radius 1 is 1.03 bits per heavy atom. The largest absolute Gasteiger partial charge is 0.416 e. The maximum absolute atomic E-state index is 13.4. The Hall–Kier alpha value is -3.95. The summed E-state index contributed by atoms with van der Waals surface area (Å²) in [5, 5.41) is 4.59. The van der Waals surface area contributed by atoms with Crippen molar-refractivity contribution in [1.82, 2.24) is 20.0 Å². The molecule has 2 aromatic carbocycles. The molecule has 0 unspecified atom stereocenters. The zero-order chi connectivity index (χ0) is 27.7. The molecule has 1 aliphatic rings. The van der Waals surface area contributed by atoms with E-state index in [4.69, 9.17) is 9.51 Å². The minimum atomic E-state index is -4.49. The van der Waals surface area contributed by atoms with E-state index < -0.39 is 11.7 Å². The smallest absolute Gasteiger partial charge is 0.352 e. The molecule has 0 N–H and O–H groups in total. The zero-order valence-corrected chi connectivity index (χ0v) is 22.1. The molecule has 7 nitrogen and oxygen atoms in total. The van der Waals surface area contributed by atoms with Crippen LogP contribution in [0.4, 0.5) is 19.0 Å². The fourth-order valence-electron chi connectivity index (χ4n) is 4.79. The second-order valence-electron chi connectivity index (χ2n) is 10.2. The highest BCUT2D eigenvalue weighted by molar-refractivity contribution is 5.98. The van der Waals surface area contributed by atoms with E-state index in [0.29, 0.717) is 55.2 Å². The van der Waals surface area contributed by atoms with Gasteiger partial charge in [0.1, 0.15) is 22.7 Å². The average molecular weight is 538 g/mol. The molecule has 0 atom stereocenters.